The minimum Gasteiger partial charge on any atom is -0.508 e. The van der Waals surface area contributed by atoms with Crippen molar-refractivity contribution in [1.29, 1.82) is 5.26 Å². The second-order valence-corrected chi connectivity index (χ2v) is 5.66. The van der Waals surface area contributed by atoms with Gasteiger partial charge in [-0.05, 0) is 36.3 Å². The van der Waals surface area contributed by atoms with Crippen molar-refractivity contribution >= 4 is 6.08 Å². The number of aliphatic hydroxyl groups excluding tert-OH is 1. The highest BCUT2D eigenvalue weighted by Gasteiger charge is 2.07. The van der Waals surface area contributed by atoms with Crippen molar-refractivity contribution in [2.45, 2.75) is 13.0 Å². The molecule has 0 aliphatic heterocycles. The van der Waals surface area contributed by atoms with Crippen molar-refractivity contribution in [3.63, 3.8) is 0 Å². The van der Waals surface area contributed by atoms with E-state index < -0.39 is 0 Å². The molecule has 0 aliphatic rings. The van der Waals surface area contributed by atoms with E-state index in [1.165, 1.54) is 12.2 Å². The quantitative estimate of drug-likeness (QED) is 0.441. The zero-order valence-electron chi connectivity index (χ0n) is 15.1. The highest BCUT2D eigenvalue weighted by atomic mass is 16.5. The molecule has 2 N–H and O–H groups in total. The van der Waals surface area contributed by atoms with Crippen LogP contribution in [0.3, 0.4) is 0 Å². The molecule has 0 bridgehead atoms. The molecule has 26 heavy (non-hydrogen) atoms. The van der Waals surface area contributed by atoms with E-state index in [1.54, 1.807) is 32.4 Å². The number of benzene rings is 2. The number of hydrogen-bond donors (Lipinski definition) is 2. The maximum Gasteiger partial charge on any atom is 0.123 e. The monoisotopic (exact) mass is 350 g/mol. The summed E-state index contributed by atoms with van der Waals surface area (Å²) in [6, 6.07) is 17.0. The second kappa shape index (κ2) is 9.19. The van der Waals surface area contributed by atoms with Crippen LogP contribution in [-0.4, -0.2) is 19.3 Å². The van der Waals surface area contributed by atoms with Crippen LogP contribution in [-0.2, 0) is 0 Å². The topological polar surface area (TPSA) is 74.5 Å². The summed E-state index contributed by atoms with van der Waals surface area (Å²) in [5.41, 5.74) is 2.02. The number of nitrogens with zero attached hydrogens (tertiary/aromatic N) is 1. The van der Waals surface area contributed by atoms with Crippen LogP contribution in [0.4, 0.5) is 0 Å². The first-order valence-corrected chi connectivity index (χ1v) is 8.12. The number of hydrogen-bond acceptors (Lipinski definition) is 5. The Morgan fingerprint density at radius 1 is 1.12 bits per heavy atom. The second-order valence-electron chi connectivity index (χ2n) is 5.66. The molecule has 1 unspecified atom stereocenters. The molecule has 0 fully saturated rings. The fraction of sp³-hybridized carbons (Fsp3) is 0.190. The summed E-state index contributed by atoms with van der Waals surface area (Å²) in [4.78, 5) is 0. The van der Waals surface area contributed by atoms with Crippen LogP contribution in [0, 0.1) is 11.3 Å². The summed E-state index contributed by atoms with van der Waals surface area (Å²) in [5.74, 6) is 1.18. The van der Waals surface area contributed by atoms with Crippen molar-refractivity contribution in [1.82, 2.24) is 5.32 Å². The number of allylic oxidation sites excluding steroid dienone is 2. The highest BCUT2D eigenvalue weighted by molar-refractivity contribution is 5.58. The van der Waals surface area contributed by atoms with Crippen molar-refractivity contribution < 1.29 is 14.6 Å². The third-order valence-corrected chi connectivity index (χ3v) is 3.77. The summed E-state index contributed by atoms with van der Waals surface area (Å²) in [7, 11) is 3.12. The molecule has 0 radical (unpaired) electrons. The molecule has 0 heterocycles. The molecular formula is C21H22N2O3. The molecular weight excluding hydrogens is 328 g/mol. The van der Waals surface area contributed by atoms with Gasteiger partial charge in [0.15, 0.2) is 0 Å². The van der Waals surface area contributed by atoms with Gasteiger partial charge in [-0.1, -0.05) is 30.3 Å². The third-order valence-electron chi connectivity index (χ3n) is 3.77. The summed E-state index contributed by atoms with van der Waals surface area (Å²) in [5, 5.41) is 22.7. The molecule has 1 atom stereocenters. The van der Waals surface area contributed by atoms with Crippen molar-refractivity contribution in [3.05, 3.63) is 77.2 Å². The molecule has 0 aliphatic carbocycles. The smallest absolute Gasteiger partial charge is 0.123 e. The van der Waals surface area contributed by atoms with E-state index in [2.05, 4.69) is 11.4 Å². The maximum absolute atomic E-state index is 10.2. The van der Waals surface area contributed by atoms with Gasteiger partial charge in [-0.25, -0.2) is 0 Å². The van der Waals surface area contributed by atoms with E-state index in [4.69, 9.17) is 9.47 Å². The standard InChI is InChI=1S/C21H22N2O3/c1-15(17-7-5-4-6-8-17)23-18(14-22)12-19(24)9-16-10-20(25-2)13-21(11-16)26-3/h4-13,15,23-24H,1-3H3. The van der Waals surface area contributed by atoms with Gasteiger partial charge in [-0.3, -0.25) is 0 Å². The highest BCUT2D eigenvalue weighted by Crippen LogP contribution is 2.24. The predicted octanol–water partition coefficient (Wildman–Crippen LogP) is 4.36. The lowest BCUT2D eigenvalue weighted by Gasteiger charge is -2.14. The molecule has 0 spiro atoms. The first-order valence-electron chi connectivity index (χ1n) is 8.12. The van der Waals surface area contributed by atoms with Crippen LogP contribution in [0.5, 0.6) is 11.5 Å². The molecule has 0 saturated carbocycles. The first-order chi connectivity index (χ1) is 12.5. The largest absolute Gasteiger partial charge is 0.508 e. The maximum atomic E-state index is 10.2. The van der Waals surface area contributed by atoms with Crippen LogP contribution >= 0.6 is 0 Å². The van der Waals surface area contributed by atoms with Gasteiger partial charge in [0.1, 0.15) is 29.0 Å². The molecule has 2 aromatic rings. The molecule has 2 rings (SSSR count). The van der Waals surface area contributed by atoms with Gasteiger partial charge in [0.2, 0.25) is 0 Å². The molecule has 5 heteroatoms. The summed E-state index contributed by atoms with van der Waals surface area (Å²) in [6.07, 6.45) is 2.93. The van der Waals surface area contributed by atoms with Crippen LogP contribution in [0.2, 0.25) is 0 Å². The average Bonchev–Trinajstić information content (AvgIpc) is 2.67. The van der Waals surface area contributed by atoms with Gasteiger partial charge in [-0.2, -0.15) is 5.26 Å². The Bertz CT molecular complexity index is 814. The van der Waals surface area contributed by atoms with Crippen molar-refractivity contribution in [2.24, 2.45) is 0 Å². The van der Waals surface area contributed by atoms with E-state index >= 15 is 0 Å². The lowest BCUT2D eigenvalue weighted by Crippen LogP contribution is -2.17. The SMILES string of the molecule is COc1cc(C=C(O)C=C(C#N)NC(C)c2ccccc2)cc(OC)c1. The number of methoxy groups -OCH3 is 2. The normalized spacial score (nSPS) is 12.8. The van der Waals surface area contributed by atoms with Gasteiger partial charge in [0, 0.05) is 18.2 Å². The average molecular weight is 350 g/mol. The Morgan fingerprint density at radius 3 is 2.27 bits per heavy atom. The predicted molar refractivity (Wildman–Crippen MR) is 102 cm³/mol. The number of ether oxygens (including phenoxy) is 2. The summed E-state index contributed by atoms with van der Waals surface area (Å²) >= 11 is 0. The van der Waals surface area contributed by atoms with Crippen molar-refractivity contribution in [3.8, 4) is 17.6 Å². The minimum atomic E-state index is -0.0631. The number of nitrogens with one attached hydrogen (secondary N) is 1. The Hall–Kier alpha value is -3.39. The Labute approximate surface area is 153 Å². The Morgan fingerprint density at radius 2 is 1.73 bits per heavy atom. The number of aliphatic hydroxyl groups is 1. The molecule has 2 aromatic carbocycles. The minimum absolute atomic E-state index is 0.0513. The van der Waals surface area contributed by atoms with Crippen molar-refractivity contribution in [2.75, 3.05) is 14.2 Å². The fourth-order valence-corrected chi connectivity index (χ4v) is 2.44. The Balaban J connectivity index is 2.20. The van der Waals surface area contributed by atoms with E-state index in [9.17, 15) is 10.4 Å². The van der Waals surface area contributed by atoms with E-state index in [1.807, 2.05) is 37.3 Å². The van der Waals surface area contributed by atoms with Crippen LogP contribution in [0.15, 0.2) is 66.1 Å². The van der Waals surface area contributed by atoms with Gasteiger partial charge >= 0.3 is 0 Å². The molecule has 0 amide bonds. The number of rotatable bonds is 7. The van der Waals surface area contributed by atoms with Crippen LogP contribution in [0.1, 0.15) is 24.1 Å². The molecule has 5 nitrogen and oxygen atoms in total. The fourth-order valence-electron chi connectivity index (χ4n) is 2.44. The molecule has 0 aromatic heterocycles. The Kier molecular flexibility index (Phi) is 6.69. The van der Waals surface area contributed by atoms with E-state index in [0.717, 1.165) is 5.56 Å². The number of nitriles is 1. The molecule has 134 valence electrons. The molecule has 0 saturated heterocycles. The van der Waals surface area contributed by atoms with E-state index in [-0.39, 0.29) is 17.5 Å². The third kappa shape index (κ3) is 5.32. The van der Waals surface area contributed by atoms with Crippen LogP contribution < -0.4 is 14.8 Å². The van der Waals surface area contributed by atoms with Gasteiger partial charge in [0.05, 0.1) is 14.2 Å². The lowest BCUT2D eigenvalue weighted by atomic mass is 10.1. The van der Waals surface area contributed by atoms with E-state index in [0.29, 0.717) is 17.1 Å². The zero-order valence-corrected chi connectivity index (χ0v) is 15.1. The van der Waals surface area contributed by atoms with Gasteiger partial charge in [0.25, 0.3) is 0 Å². The zero-order chi connectivity index (χ0) is 18.9. The van der Waals surface area contributed by atoms with Crippen LogP contribution in [0.25, 0.3) is 6.08 Å². The summed E-state index contributed by atoms with van der Waals surface area (Å²) < 4.78 is 10.4. The van der Waals surface area contributed by atoms with Gasteiger partial charge in [-0.15, -0.1) is 0 Å². The van der Waals surface area contributed by atoms with Gasteiger partial charge < -0.3 is 19.9 Å². The summed E-state index contributed by atoms with van der Waals surface area (Å²) in [6.45, 7) is 1.95. The first kappa shape index (κ1) is 18.9. The lowest BCUT2D eigenvalue weighted by molar-refractivity contribution is 0.394.